The van der Waals surface area contributed by atoms with Crippen molar-refractivity contribution in [1.29, 1.82) is 0 Å². The molecular weight excluding hydrogens is 318 g/mol. The number of ether oxygens (including phenoxy) is 1. The molecule has 0 bridgehead atoms. The van der Waals surface area contributed by atoms with E-state index < -0.39 is 28.9 Å². The predicted octanol–water partition coefficient (Wildman–Crippen LogP) is 3.48. The summed E-state index contributed by atoms with van der Waals surface area (Å²) in [7, 11) is 1.49. The Morgan fingerprint density at radius 2 is 2.00 bits per heavy atom. The predicted molar refractivity (Wildman–Crippen MR) is 84.3 cm³/mol. The van der Waals surface area contributed by atoms with Crippen molar-refractivity contribution in [2.75, 3.05) is 12.4 Å². The minimum absolute atomic E-state index is 0.311. The number of carbonyl (C=O) groups excluding carboxylic acids is 1. The van der Waals surface area contributed by atoms with Gasteiger partial charge in [-0.3, -0.25) is 9.78 Å². The minimum atomic E-state index is -1.32. The van der Waals surface area contributed by atoms with Crippen LogP contribution in [-0.4, -0.2) is 23.1 Å². The van der Waals surface area contributed by atoms with Crippen molar-refractivity contribution in [2.45, 2.75) is 0 Å². The van der Waals surface area contributed by atoms with Crippen LogP contribution >= 0.6 is 0 Å². The van der Waals surface area contributed by atoms with E-state index in [9.17, 15) is 18.7 Å². The van der Waals surface area contributed by atoms with Gasteiger partial charge in [0, 0.05) is 11.6 Å². The van der Waals surface area contributed by atoms with Crippen molar-refractivity contribution in [2.24, 2.45) is 0 Å². The van der Waals surface area contributed by atoms with E-state index in [-0.39, 0.29) is 0 Å². The highest BCUT2D eigenvalue weighted by Crippen LogP contribution is 2.30. The molecule has 1 aromatic heterocycles. The SMILES string of the molecule is COc1ccc(NC(=O)c2c(F)ccc(O)c2F)c2cccnc12. The number of phenolic OH excluding ortho intramolecular Hbond substituents is 1. The van der Waals surface area contributed by atoms with Gasteiger partial charge in [-0.05, 0) is 36.4 Å². The third kappa shape index (κ3) is 2.60. The number of amides is 1. The van der Waals surface area contributed by atoms with E-state index in [1.165, 1.54) is 7.11 Å². The quantitative estimate of drug-likeness (QED) is 0.771. The molecule has 0 aliphatic carbocycles. The number of carbonyl (C=O) groups is 1. The number of halogens is 2. The first-order valence-electron chi connectivity index (χ1n) is 6.93. The van der Waals surface area contributed by atoms with Gasteiger partial charge in [0.2, 0.25) is 0 Å². The van der Waals surface area contributed by atoms with Gasteiger partial charge in [0.05, 0.1) is 12.8 Å². The van der Waals surface area contributed by atoms with E-state index in [1.807, 2.05) is 0 Å². The van der Waals surface area contributed by atoms with Crippen molar-refractivity contribution in [3.05, 3.63) is 59.8 Å². The summed E-state index contributed by atoms with van der Waals surface area (Å²) >= 11 is 0. The zero-order chi connectivity index (χ0) is 17.3. The Hall–Kier alpha value is -3.22. The van der Waals surface area contributed by atoms with Crippen LogP contribution in [0.3, 0.4) is 0 Å². The lowest BCUT2D eigenvalue weighted by atomic mass is 10.1. The third-order valence-electron chi connectivity index (χ3n) is 3.50. The van der Waals surface area contributed by atoms with Crippen molar-refractivity contribution >= 4 is 22.5 Å². The first kappa shape index (κ1) is 15.7. The number of nitrogens with zero attached hydrogens (tertiary/aromatic N) is 1. The number of rotatable bonds is 3. The zero-order valence-corrected chi connectivity index (χ0v) is 12.5. The lowest BCUT2D eigenvalue weighted by molar-refractivity contribution is 0.101. The highest BCUT2D eigenvalue weighted by atomic mass is 19.1. The molecule has 0 aliphatic rings. The van der Waals surface area contributed by atoms with Crippen LogP contribution < -0.4 is 10.1 Å². The molecule has 2 aromatic carbocycles. The van der Waals surface area contributed by atoms with E-state index in [0.29, 0.717) is 22.3 Å². The molecular formula is C17H12F2N2O3. The van der Waals surface area contributed by atoms with Crippen LogP contribution in [0.5, 0.6) is 11.5 Å². The number of pyridine rings is 1. The number of hydrogen-bond acceptors (Lipinski definition) is 4. The molecule has 3 aromatic rings. The second-order valence-corrected chi connectivity index (χ2v) is 4.92. The maximum absolute atomic E-state index is 13.9. The highest BCUT2D eigenvalue weighted by molar-refractivity contribution is 6.09. The van der Waals surface area contributed by atoms with Gasteiger partial charge in [-0.15, -0.1) is 0 Å². The van der Waals surface area contributed by atoms with Gasteiger partial charge < -0.3 is 15.2 Å². The summed E-state index contributed by atoms with van der Waals surface area (Å²) in [6.07, 6.45) is 1.56. The number of aromatic nitrogens is 1. The van der Waals surface area contributed by atoms with Crippen LogP contribution in [0.2, 0.25) is 0 Å². The summed E-state index contributed by atoms with van der Waals surface area (Å²) in [5.74, 6) is -3.71. The number of hydrogen-bond donors (Lipinski definition) is 2. The number of methoxy groups -OCH3 is 1. The molecule has 0 saturated carbocycles. The fourth-order valence-corrected chi connectivity index (χ4v) is 2.35. The summed E-state index contributed by atoms with van der Waals surface area (Å²) in [6, 6.07) is 8.14. The van der Waals surface area contributed by atoms with Crippen LogP contribution in [0.25, 0.3) is 10.9 Å². The lowest BCUT2D eigenvalue weighted by Crippen LogP contribution is -2.16. The summed E-state index contributed by atoms with van der Waals surface area (Å²) < 4.78 is 32.8. The van der Waals surface area contributed by atoms with Gasteiger partial charge in [0.25, 0.3) is 5.91 Å². The van der Waals surface area contributed by atoms with Gasteiger partial charge >= 0.3 is 0 Å². The number of nitrogens with one attached hydrogen (secondary N) is 1. The molecule has 0 radical (unpaired) electrons. The molecule has 0 spiro atoms. The van der Waals surface area contributed by atoms with Crippen LogP contribution in [0.4, 0.5) is 14.5 Å². The molecule has 1 heterocycles. The van der Waals surface area contributed by atoms with E-state index in [2.05, 4.69) is 10.3 Å². The highest BCUT2D eigenvalue weighted by Gasteiger charge is 2.21. The molecule has 3 rings (SSSR count). The molecule has 5 nitrogen and oxygen atoms in total. The fourth-order valence-electron chi connectivity index (χ4n) is 2.35. The fraction of sp³-hybridized carbons (Fsp3) is 0.0588. The Morgan fingerprint density at radius 1 is 1.21 bits per heavy atom. The number of benzene rings is 2. The smallest absolute Gasteiger partial charge is 0.261 e. The van der Waals surface area contributed by atoms with Crippen molar-refractivity contribution in [1.82, 2.24) is 4.98 Å². The molecule has 7 heteroatoms. The van der Waals surface area contributed by atoms with Crippen molar-refractivity contribution < 1.29 is 23.4 Å². The molecule has 0 saturated heterocycles. The summed E-state index contributed by atoms with van der Waals surface area (Å²) in [5, 5.41) is 12.3. The molecule has 1 amide bonds. The first-order chi connectivity index (χ1) is 11.5. The number of phenols is 1. The molecule has 122 valence electrons. The Balaban J connectivity index is 2.05. The van der Waals surface area contributed by atoms with Gasteiger partial charge in [-0.2, -0.15) is 0 Å². The topological polar surface area (TPSA) is 71.5 Å². The van der Waals surface area contributed by atoms with Gasteiger partial charge in [-0.25, -0.2) is 8.78 Å². The van der Waals surface area contributed by atoms with Gasteiger partial charge in [0.15, 0.2) is 11.6 Å². The average molecular weight is 330 g/mol. The maximum Gasteiger partial charge on any atom is 0.261 e. The Bertz CT molecular complexity index is 945. The zero-order valence-electron chi connectivity index (χ0n) is 12.5. The first-order valence-corrected chi connectivity index (χ1v) is 6.93. The standard InChI is InChI=1S/C17H12F2N2O3/c1-24-13-7-5-11(9-3-2-8-20-16(9)13)21-17(23)14-10(18)4-6-12(22)15(14)19/h2-8,22H,1H3,(H,21,23). The largest absolute Gasteiger partial charge is 0.505 e. The minimum Gasteiger partial charge on any atom is -0.505 e. The van der Waals surface area contributed by atoms with E-state index >= 15 is 0 Å². The molecule has 0 fully saturated rings. The van der Waals surface area contributed by atoms with Gasteiger partial charge in [-0.1, -0.05) is 0 Å². The van der Waals surface area contributed by atoms with E-state index in [1.54, 1.807) is 30.5 Å². The second-order valence-electron chi connectivity index (χ2n) is 4.92. The molecule has 0 aliphatic heterocycles. The molecule has 0 unspecified atom stereocenters. The lowest BCUT2D eigenvalue weighted by Gasteiger charge is -2.12. The van der Waals surface area contributed by atoms with Crippen LogP contribution in [0.15, 0.2) is 42.6 Å². The van der Waals surface area contributed by atoms with E-state index in [0.717, 1.165) is 12.1 Å². The Kier molecular flexibility index (Phi) is 3.99. The number of anilines is 1. The maximum atomic E-state index is 13.9. The third-order valence-corrected chi connectivity index (χ3v) is 3.50. The van der Waals surface area contributed by atoms with E-state index in [4.69, 9.17) is 4.74 Å². The number of fused-ring (bicyclic) bond motifs is 1. The van der Waals surface area contributed by atoms with Crippen molar-refractivity contribution in [3.8, 4) is 11.5 Å². The van der Waals surface area contributed by atoms with Crippen LogP contribution in [0.1, 0.15) is 10.4 Å². The number of aromatic hydroxyl groups is 1. The molecule has 0 atom stereocenters. The summed E-state index contributed by atoms with van der Waals surface area (Å²) in [4.78, 5) is 16.4. The molecule has 24 heavy (non-hydrogen) atoms. The second kappa shape index (κ2) is 6.11. The summed E-state index contributed by atoms with van der Waals surface area (Å²) in [6.45, 7) is 0. The van der Waals surface area contributed by atoms with Crippen molar-refractivity contribution in [3.63, 3.8) is 0 Å². The normalized spacial score (nSPS) is 10.6. The monoisotopic (exact) mass is 330 g/mol. The van der Waals surface area contributed by atoms with Crippen LogP contribution in [0, 0.1) is 11.6 Å². The Labute approximate surface area is 135 Å². The average Bonchev–Trinajstić information content (AvgIpc) is 2.59. The molecule has 2 N–H and O–H groups in total. The van der Waals surface area contributed by atoms with Gasteiger partial charge in [0.1, 0.15) is 22.6 Å². The summed E-state index contributed by atoms with van der Waals surface area (Å²) in [5.41, 5.74) is -0.0523. The Morgan fingerprint density at radius 3 is 2.75 bits per heavy atom. The van der Waals surface area contributed by atoms with Crippen LogP contribution in [-0.2, 0) is 0 Å².